The Balaban J connectivity index is 2.06. The molecule has 0 aliphatic carbocycles. The lowest BCUT2D eigenvalue weighted by molar-refractivity contribution is 0.130. The van der Waals surface area contributed by atoms with Gasteiger partial charge in [-0.15, -0.1) is 0 Å². The van der Waals surface area contributed by atoms with Crippen LogP contribution in [0, 0.1) is 0 Å². The number of hydrogen-bond donors (Lipinski definition) is 1. The molecular weight excluding hydrogens is 460 g/mol. The molecule has 1 aromatic heterocycles. The molecule has 0 fully saturated rings. The lowest BCUT2D eigenvalue weighted by Crippen LogP contribution is -2.42. The van der Waals surface area contributed by atoms with Crippen LogP contribution in [0.2, 0.25) is 0 Å². The highest BCUT2D eigenvalue weighted by Crippen LogP contribution is 2.26. The van der Waals surface area contributed by atoms with Crippen LogP contribution in [0.1, 0.15) is 32.1 Å². The summed E-state index contributed by atoms with van der Waals surface area (Å²) in [5.41, 5.74) is 1.20. The number of rotatable bonds is 8. The number of benzene rings is 2. The predicted octanol–water partition coefficient (Wildman–Crippen LogP) is 4.81. The number of anilines is 1. The predicted molar refractivity (Wildman–Crippen MR) is 126 cm³/mol. The summed E-state index contributed by atoms with van der Waals surface area (Å²) in [6.45, 7) is 5.08. The largest absolute Gasteiger partial charge is 0.383 e. The van der Waals surface area contributed by atoms with Gasteiger partial charge in [0.1, 0.15) is 5.82 Å². The fourth-order valence-electron chi connectivity index (χ4n) is 3.63. The number of halogens is 1. The topological polar surface area (TPSA) is 76.5 Å². The second-order valence-electron chi connectivity index (χ2n) is 7.06. The van der Waals surface area contributed by atoms with Crippen LogP contribution in [0.25, 0.3) is 10.9 Å². The van der Waals surface area contributed by atoms with Gasteiger partial charge in [-0.25, -0.2) is 9.78 Å². The third kappa shape index (κ3) is 4.97. The molecule has 0 spiro atoms. The molecule has 7 nitrogen and oxygen atoms in total. The molecule has 1 N–H and O–H groups in total. The summed E-state index contributed by atoms with van der Waals surface area (Å²) >= 11 is 3.47. The zero-order valence-electron chi connectivity index (χ0n) is 18.0. The van der Waals surface area contributed by atoms with Crippen LogP contribution in [0.3, 0.4) is 0 Å². The van der Waals surface area contributed by atoms with Gasteiger partial charge >= 0.3 is 6.03 Å². The number of fused-ring (bicyclic) bond motifs is 1. The van der Waals surface area contributed by atoms with Crippen molar-refractivity contribution in [1.29, 1.82) is 0 Å². The molecule has 31 heavy (non-hydrogen) atoms. The van der Waals surface area contributed by atoms with E-state index in [0.29, 0.717) is 48.5 Å². The molecule has 2 aromatic carbocycles. The number of hydrogen-bond acceptors (Lipinski definition) is 4. The maximum absolute atomic E-state index is 13.3. The van der Waals surface area contributed by atoms with Crippen molar-refractivity contribution in [3.05, 3.63) is 69.2 Å². The normalized spacial score (nSPS) is 12.0. The summed E-state index contributed by atoms with van der Waals surface area (Å²) in [4.78, 5) is 32.9. The molecule has 1 unspecified atom stereocenters. The van der Waals surface area contributed by atoms with Crippen LogP contribution in [0.5, 0.6) is 0 Å². The van der Waals surface area contributed by atoms with Crippen molar-refractivity contribution in [2.45, 2.75) is 32.9 Å². The van der Waals surface area contributed by atoms with Crippen LogP contribution in [-0.4, -0.2) is 40.7 Å². The highest BCUT2D eigenvalue weighted by molar-refractivity contribution is 9.10. The van der Waals surface area contributed by atoms with Crippen molar-refractivity contribution >= 4 is 38.6 Å². The number of methoxy groups -OCH3 is 1. The van der Waals surface area contributed by atoms with E-state index in [9.17, 15) is 9.59 Å². The maximum Gasteiger partial charge on any atom is 0.322 e. The summed E-state index contributed by atoms with van der Waals surface area (Å²) in [7, 11) is 1.60. The van der Waals surface area contributed by atoms with Crippen molar-refractivity contribution in [2.24, 2.45) is 0 Å². The van der Waals surface area contributed by atoms with Crippen LogP contribution in [0.15, 0.2) is 57.8 Å². The molecule has 0 saturated carbocycles. The molecule has 1 heterocycles. The second-order valence-corrected chi connectivity index (χ2v) is 7.91. The van der Waals surface area contributed by atoms with Gasteiger partial charge in [-0.05, 0) is 53.5 Å². The average molecular weight is 487 g/mol. The third-order valence-corrected chi connectivity index (χ3v) is 5.87. The number of urea groups is 1. The van der Waals surface area contributed by atoms with Gasteiger partial charge in [0.15, 0.2) is 0 Å². The number of para-hydroxylation sites is 2. The molecule has 3 aromatic rings. The summed E-state index contributed by atoms with van der Waals surface area (Å²) < 4.78 is 7.70. The maximum atomic E-state index is 13.3. The molecule has 0 bridgehead atoms. The van der Waals surface area contributed by atoms with E-state index >= 15 is 0 Å². The Hall–Kier alpha value is -2.71. The fraction of sp³-hybridized carbons (Fsp3) is 0.348. The molecule has 0 radical (unpaired) electrons. The number of aromatic nitrogens is 2. The van der Waals surface area contributed by atoms with Gasteiger partial charge in [-0.1, -0.05) is 31.2 Å². The first kappa shape index (κ1) is 23.0. The molecule has 1 atom stereocenters. The fourth-order valence-corrected chi connectivity index (χ4v) is 4.01. The SMILES string of the molecule is CCC(c1nc2ccccc2c(=O)n1CC)N(CCOC)C(=O)Nc1ccccc1Br. The first-order valence-corrected chi connectivity index (χ1v) is 11.1. The minimum Gasteiger partial charge on any atom is -0.383 e. The number of nitrogens with zero attached hydrogens (tertiary/aromatic N) is 3. The van der Waals surface area contributed by atoms with E-state index in [-0.39, 0.29) is 11.6 Å². The second kappa shape index (κ2) is 10.5. The Morgan fingerprint density at radius 3 is 2.58 bits per heavy atom. The van der Waals surface area contributed by atoms with Crippen molar-refractivity contribution in [3.63, 3.8) is 0 Å². The molecule has 0 aliphatic rings. The first-order chi connectivity index (χ1) is 15.0. The zero-order valence-corrected chi connectivity index (χ0v) is 19.6. The van der Waals surface area contributed by atoms with E-state index < -0.39 is 6.04 Å². The molecule has 164 valence electrons. The molecule has 0 saturated heterocycles. The summed E-state index contributed by atoms with van der Waals surface area (Å²) in [5, 5.41) is 3.54. The Kier molecular flexibility index (Phi) is 7.81. The molecule has 0 aliphatic heterocycles. The molecular formula is C23H27BrN4O3. The average Bonchev–Trinajstić information content (AvgIpc) is 2.78. The summed E-state index contributed by atoms with van der Waals surface area (Å²) in [6.07, 6.45) is 0.595. The van der Waals surface area contributed by atoms with Gasteiger partial charge in [0.05, 0.1) is 29.2 Å². The standard InChI is InChI=1S/C23H27BrN4O3/c1-4-20(21-25-18-12-8-6-10-16(18)22(29)27(21)5-2)28(14-15-31-3)23(30)26-19-13-9-7-11-17(19)24/h6-13,20H,4-5,14-15H2,1-3H3,(H,26,30). The first-order valence-electron chi connectivity index (χ1n) is 10.3. The lowest BCUT2D eigenvalue weighted by Gasteiger charge is -2.32. The van der Waals surface area contributed by atoms with Gasteiger partial charge in [-0.2, -0.15) is 0 Å². The van der Waals surface area contributed by atoms with Gasteiger partial charge < -0.3 is 15.0 Å². The van der Waals surface area contributed by atoms with Gasteiger partial charge in [-0.3, -0.25) is 9.36 Å². The Labute approximate surface area is 190 Å². The van der Waals surface area contributed by atoms with Crippen molar-refractivity contribution in [1.82, 2.24) is 14.5 Å². The number of carbonyl (C=O) groups is 1. The minimum atomic E-state index is -0.394. The Morgan fingerprint density at radius 1 is 1.19 bits per heavy atom. The summed E-state index contributed by atoms with van der Waals surface area (Å²) in [5.74, 6) is 0.576. The monoisotopic (exact) mass is 486 g/mol. The third-order valence-electron chi connectivity index (χ3n) is 5.18. The van der Waals surface area contributed by atoms with Crippen molar-refractivity contribution in [2.75, 3.05) is 25.6 Å². The Bertz CT molecular complexity index is 1120. The van der Waals surface area contributed by atoms with Gasteiger partial charge in [0.25, 0.3) is 5.56 Å². The van der Waals surface area contributed by atoms with Crippen LogP contribution >= 0.6 is 15.9 Å². The zero-order chi connectivity index (χ0) is 22.4. The van der Waals surface area contributed by atoms with Crippen LogP contribution < -0.4 is 10.9 Å². The molecule has 2 amide bonds. The van der Waals surface area contributed by atoms with Crippen molar-refractivity contribution in [3.8, 4) is 0 Å². The summed E-state index contributed by atoms with van der Waals surface area (Å²) in [6, 6.07) is 14.1. The van der Waals surface area contributed by atoms with E-state index in [1.54, 1.807) is 22.6 Å². The minimum absolute atomic E-state index is 0.0977. The van der Waals surface area contributed by atoms with E-state index in [2.05, 4.69) is 21.2 Å². The molecule has 8 heteroatoms. The Morgan fingerprint density at radius 2 is 1.90 bits per heavy atom. The van der Waals surface area contributed by atoms with Crippen LogP contribution in [-0.2, 0) is 11.3 Å². The van der Waals surface area contributed by atoms with Gasteiger partial charge in [0.2, 0.25) is 0 Å². The van der Waals surface area contributed by atoms with Crippen LogP contribution in [0.4, 0.5) is 10.5 Å². The number of ether oxygens (including phenoxy) is 1. The van der Waals surface area contributed by atoms with E-state index in [1.165, 1.54) is 0 Å². The molecule has 3 rings (SSSR count). The smallest absolute Gasteiger partial charge is 0.322 e. The number of amides is 2. The quantitative estimate of drug-likeness (QED) is 0.495. The number of carbonyl (C=O) groups excluding carboxylic acids is 1. The van der Waals surface area contributed by atoms with Crippen molar-refractivity contribution < 1.29 is 9.53 Å². The number of nitrogens with one attached hydrogen (secondary N) is 1. The highest BCUT2D eigenvalue weighted by Gasteiger charge is 2.28. The van der Waals surface area contributed by atoms with Gasteiger partial charge in [0, 0.05) is 24.7 Å². The van der Waals surface area contributed by atoms with E-state index in [1.807, 2.05) is 56.3 Å². The highest BCUT2D eigenvalue weighted by atomic mass is 79.9. The lowest BCUT2D eigenvalue weighted by atomic mass is 10.1. The van der Waals surface area contributed by atoms with E-state index in [4.69, 9.17) is 9.72 Å². The van der Waals surface area contributed by atoms with E-state index in [0.717, 1.165) is 4.47 Å².